The summed E-state index contributed by atoms with van der Waals surface area (Å²) in [4.78, 5) is 39.7. The molecule has 0 radical (unpaired) electrons. The molecule has 156 valence electrons. The van der Waals surface area contributed by atoms with Gasteiger partial charge >= 0.3 is 11.9 Å². The number of alkyl halides is 3. The number of benzene rings is 1. The highest BCUT2D eigenvalue weighted by molar-refractivity contribution is 5.77. The third-order valence-corrected chi connectivity index (χ3v) is 4.97. The van der Waals surface area contributed by atoms with Crippen LogP contribution >= 0.6 is 0 Å². The summed E-state index contributed by atoms with van der Waals surface area (Å²) in [6.07, 6.45) is -3.77. The lowest BCUT2D eigenvalue weighted by molar-refractivity contribution is -0.141. The van der Waals surface area contributed by atoms with Gasteiger partial charge in [-0.1, -0.05) is 6.92 Å². The van der Waals surface area contributed by atoms with Crippen LogP contribution < -0.4 is 11.2 Å². The SMILES string of the molecule is Cc1cc(F)c(CN2CCC(C)CC2=O)cc1-n1c(=O)cc(C(F)(F)F)[nH]c1=O. The maximum absolute atomic E-state index is 14.5. The molecule has 0 aliphatic carbocycles. The van der Waals surface area contributed by atoms with Crippen LogP contribution in [0.4, 0.5) is 17.6 Å². The molecule has 0 spiro atoms. The van der Waals surface area contributed by atoms with E-state index in [2.05, 4.69) is 0 Å². The molecule has 1 aromatic carbocycles. The number of hydrogen-bond donors (Lipinski definition) is 1. The summed E-state index contributed by atoms with van der Waals surface area (Å²) < 4.78 is 53.4. The van der Waals surface area contributed by atoms with Gasteiger partial charge in [0.05, 0.1) is 5.69 Å². The molecule has 0 bridgehead atoms. The largest absolute Gasteiger partial charge is 0.431 e. The molecule has 6 nitrogen and oxygen atoms in total. The van der Waals surface area contributed by atoms with Crippen LogP contribution in [-0.2, 0) is 17.5 Å². The first kappa shape index (κ1) is 20.8. The molecule has 1 aliphatic rings. The summed E-state index contributed by atoms with van der Waals surface area (Å²) in [5.74, 6) is -0.523. The number of aromatic amines is 1. The number of piperidine rings is 1. The fourth-order valence-corrected chi connectivity index (χ4v) is 3.35. The highest BCUT2D eigenvalue weighted by Gasteiger charge is 2.33. The average molecular weight is 413 g/mol. The minimum absolute atomic E-state index is 0.0424. The van der Waals surface area contributed by atoms with Crippen LogP contribution in [0, 0.1) is 18.7 Å². The maximum atomic E-state index is 14.5. The quantitative estimate of drug-likeness (QED) is 0.787. The fourth-order valence-electron chi connectivity index (χ4n) is 3.35. The van der Waals surface area contributed by atoms with Crippen molar-refractivity contribution in [2.45, 2.75) is 39.4 Å². The Kier molecular flexibility index (Phi) is 5.38. The van der Waals surface area contributed by atoms with Crippen molar-refractivity contribution in [2.75, 3.05) is 6.54 Å². The summed E-state index contributed by atoms with van der Waals surface area (Å²) in [6.45, 7) is 3.77. The van der Waals surface area contributed by atoms with Gasteiger partial charge in [0, 0.05) is 31.1 Å². The van der Waals surface area contributed by atoms with Crippen molar-refractivity contribution in [3.63, 3.8) is 0 Å². The van der Waals surface area contributed by atoms with Crippen molar-refractivity contribution in [1.29, 1.82) is 0 Å². The van der Waals surface area contributed by atoms with Gasteiger partial charge in [0.2, 0.25) is 5.91 Å². The van der Waals surface area contributed by atoms with Crippen molar-refractivity contribution in [2.24, 2.45) is 5.92 Å². The normalized spacial score (nSPS) is 17.7. The molecule has 1 aliphatic heterocycles. The first-order chi connectivity index (χ1) is 13.5. The lowest BCUT2D eigenvalue weighted by atomic mass is 9.98. The number of halogens is 4. The first-order valence-electron chi connectivity index (χ1n) is 8.98. The Balaban J connectivity index is 2.04. The summed E-state index contributed by atoms with van der Waals surface area (Å²) in [5, 5.41) is 0. The number of aromatic nitrogens is 2. The van der Waals surface area contributed by atoms with Crippen molar-refractivity contribution in [3.05, 3.63) is 61.7 Å². The van der Waals surface area contributed by atoms with Crippen molar-refractivity contribution in [1.82, 2.24) is 14.5 Å². The highest BCUT2D eigenvalue weighted by Crippen LogP contribution is 2.26. The molecule has 3 rings (SSSR count). The number of rotatable bonds is 3. The molecule has 1 unspecified atom stereocenters. The van der Waals surface area contributed by atoms with Gasteiger partial charge in [0.15, 0.2) is 0 Å². The third-order valence-electron chi connectivity index (χ3n) is 4.97. The summed E-state index contributed by atoms with van der Waals surface area (Å²) in [6, 6.07) is 2.59. The van der Waals surface area contributed by atoms with Crippen LogP contribution in [0.5, 0.6) is 0 Å². The van der Waals surface area contributed by atoms with E-state index in [4.69, 9.17) is 0 Å². The number of amides is 1. The van der Waals surface area contributed by atoms with Gasteiger partial charge in [-0.25, -0.2) is 13.8 Å². The number of carbonyl (C=O) groups is 1. The number of hydrogen-bond acceptors (Lipinski definition) is 3. The Morgan fingerprint density at radius 2 is 1.86 bits per heavy atom. The number of nitrogens with zero attached hydrogens (tertiary/aromatic N) is 2. The molecule has 1 fully saturated rings. The molecule has 1 saturated heterocycles. The van der Waals surface area contributed by atoms with Gasteiger partial charge in [0.25, 0.3) is 5.56 Å². The minimum atomic E-state index is -4.88. The molecule has 29 heavy (non-hydrogen) atoms. The van der Waals surface area contributed by atoms with Crippen LogP contribution in [0.3, 0.4) is 0 Å². The zero-order chi connectivity index (χ0) is 21.5. The summed E-state index contributed by atoms with van der Waals surface area (Å²) in [7, 11) is 0. The molecular formula is C19H19F4N3O3. The van der Waals surface area contributed by atoms with E-state index in [0.717, 1.165) is 12.5 Å². The van der Waals surface area contributed by atoms with E-state index in [0.29, 0.717) is 17.5 Å². The topological polar surface area (TPSA) is 75.2 Å². The summed E-state index contributed by atoms with van der Waals surface area (Å²) in [5.41, 5.74) is -3.72. The number of carbonyl (C=O) groups excluding carboxylic acids is 1. The second-order valence-electron chi connectivity index (χ2n) is 7.30. The van der Waals surface area contributed by atoms with E-state index >= 15 is 0 Å². The number of likely N-dealkylation sites (tertiary alicyclic amines) is 1. The van der Waals surface area contributed by atoms with E-state index in [-0.39, 0.29) is 41.3 Å². The van der Waals surface area contributed by atoms with Gasteiger partial charge in [-0.3, -0.25) is 9.59 Å². The molecule has 10 heteroatoms. The van der Waals surface area contributed by atoms with Gasteiger partial charge in [-0.2, -0.15) is 13.2 Å². The molecule has 1 atom stereocenters. The van der Waals surface area contributed by atoms with Gasteiger partial charge in [-0.15, -0.1) is 0 Å². The van der Waals surface area contributed by atoms with Crippen LogP contribution in [0.2, 0.25) is 0 Å². The number of H-pyrrole nitrogens is 1. The van der Waals surface area contributed by atoms with E-state index in [1.165, 1.54) is 17.9 Å². The van der Waals surface area contributed by atoms with E-state index in [1.54, 1.807) is 4.98 Å². The van der Waals surface area contributed by atoms with E-state index < -0.39 is 28.9 Å². The van der Waals surface area contributed by atoms with E-state index in [9.17, 15) is 31.9 Å². The third kappa shape index (κ3) is 4.25. The zero-order valence-electron chi connectivity index (χ0n) is 15.8. The number of nitrogens with one attached hydrogen (secondary N) is 1. The predicted molar refractivity (Wildman–Crippen MR) is 96.2 cm³/mol. The second kappa shape index (κ2) is 7.49. The van der Waals surface area contributed by atoms with Crippen LogP contribution in [0.25, 0.3) is 5.69 Å². The van der Waals surface area contributed by atoms with Crippen molar-refractivity contribution >= 4 is 5.91 Å². The van der Waals surface area contributed by atoms with Gasteiger partial charge in [0.1, 0.15) is 11.5 Å². The smallest absolute Gasteiger partial charge is 0.338 e. The van der Waals surface area contributed by atoms with Crippen LogP contribution in [-0.4, -0.2) is 26.9 Å². The van der Waals surface area contributed by atoms with Crippen LogP contribution in [0.15, 0.2) is 27.8 Å². The number of aryl methyl sites for hydroxylation is 1. The Hall–Kier alpha value is -2.91. The Labute approximate surface area is 162 Å². The Morgan fingerprint density at radius 3 is 2.45 bits per heavy atom. The molecule has 1 N–H and O–H groups in total. The van der Waals surface area contributed by atoms with Crippen molar-refractivity contribution in [3.8, 4) is 5.69 Å². The standard InChI is InChI=1S/C19H19F4N3O3/c1-10-3-4-25(16(27)5-10)9-12-7-14(11(2)6-13(12)20)26-17(28)8-15(19(21,22)23)24-18(26)29/h6-8,10H,3-5,9H2,1-2H3,(H,24,29). The predicted octanol–water partition coefficient (Wildman–Crippen LogP) is 2.75. The summed E-state index contributed by atoms with van der Waals surface area (Å²) >= 11 is 0. The molecule has 0 saturated carbocycles. The monoisotopic (exact) mass is 413 g/mol. The van der Waals surface area contributed by atoms with Gasteiger partial charge < -0.3 is 9.88 Å². The molecular weight excluding hydrogens is 394 g/mol. The molecule has 2 heterocycles. The van der Waals surface area contributed by atoms with Gasteiger partial charge in [-0.05, 0) is 37.0 Å². The first-order valence-corrected chi connectivity index (χ1v) is 8.98. The second-order valence-corrected chi connectivity index (χ2v) is 7.30. The Morgan fingerprint density at radius 1 is 1.17 bits per heavy atom. The Bertz CT molecular complexity index is 1040. The molecule has 1 amide bonds. The lowest BCUT2D eigenvalue weighted by Crippen LogP contribution is -2.38. The zero-order valence-corrected chi connectivity index (χ0v) is 15.8. The lowest BCUT2D eigenvalue weighted by Gasteiger charge is -2.30. The van der Waals surface area contributed by atoms with E-state index in [1.807, 2.05) is 6.92 Å². The van der Waals surface area contributed by atoms with Crippen molar-refractivity contribution < 1.29 is 22.4 Å². The fraction of sp³-hybridized carbons (Fsp3) is 0.421. The minimum Gasteiger partial charge on any atom is -0.338 e. The maximum Gasteiger partial charge on any atom is 0.431 e. The highest BCUT2D eigenvalue weighted by atomic mass is 19.4. The molecule has 1 aromatic heterocycles. The molecule has 2 aromatic rings. The van der Waals surface area contributed by atoms with Crippen LogP contribution in [0.1, 0.15) is 36.6 Å². The average Bonchev–Trinajstić information content (AvgIpc) is 2.59.